The van der Waals surface area contributed by atoms with Crippen LogP contribution >= 0.6 is 0 Å². The van der Waals surface area contributed by atoms with E-state index in [1.807, 2.05) is 24.3 Å². The topological polar surface area (TPSA) is 48.3 Å². The number of ether oxygens (including phenoxy) is 1. The molecule has 1 heterocycles. The molecule has 0 bridgehead atoms. The van der Waals surface area contributed by atoms with Crippen LogP contribution in [0.3, 0.4) is 0 Å². The number of rotatable bonds is 3. The third kappa shape index (κ3) is 1.69. The van der Waals surface area contributed by atoms with Gasteiger partial charge >= 0.3 is 5.97 Å². The second kappa shape index (κ2) is 4.18. The van der Waals surface area contributed by atoms with Gasteiger partial charge in [0.15, 0.2) is 6.29 Å². The molecule has 0 unspecified atom stereocenters. The van der Waals surface area contributed by atoms with Crippen molar-refractivity contribution in [3.05, 3.63) is 36.0 Å². The van der Waals surface area contributed by atoms with Gasteiger partial charge < -0.3 is 9.30 Å². The maximum atomic E-state index is 11.2. The molecule has 0 aliphatic rings. The van der Waals surface area contributed by atoms with E-state index in [4.69, 9.17) is 0 Å². The molecule has 1 aromatic carbocycles. The largest absolute Gasteiger partial charge is 0.468 e. The van der Waals surface area contributed by atoms with Gasteiger partial charge in [-0.15, -0.1) is 0 Å². The summed E-state index contributed by atoms with van der Waals surface area (Å²) in [7, 11) is 1.33. The van der Waals surface area contributed by atoms with Crippen molar-refractivity contribution in [3.8, 4) is 0 Å². The Morgan fingerprint density at radius 1 is 1.44 bits per heavy atom. The molecule has 0 amide bonds. The molecular weight excluding hydrogens is 206 g/mol. The highest BCUT2D eigenvalue weighted by Crippen LogP contribution is 2.18. The average Bonchev–Trinajstić information content (AvgIpc) is 2.67. The Kier molecular flexibility index (Phi) is 2.72. The summed E-state index contributed by atoms with van der Waals surface area (Å²) < 4.78 is 6.24. The molecule has 0 atom stereocenters. The summed E-state index contributed by atoms with van der Waals surface area (Å²) in [5, 5.41) is 0.938. The molecule has 4 nitrogen and oxygen atoms in total. The van der Waals surface area contributed by atoms with Crippen LogP contribution in [-0.4, -0.2) is 23.9 Å². The van der Waals surface area contributed by atoms with E-state index < -0.39 is 0 Å². The van der Waals surface area contributed by atoms with Crippen molar-refractivity contribution in [2.24, 2.45) is 0 Å². The first-order valence-corrected chi connectivity index (χ1v) is 4.86. The fourth-order valence-corrected chi connectivity index (χ4v) is 1.70. The maximum absolute atomic E-state index is 11.2. The quantitative estimate of drug-likeness (QED) is 0.580. The molecule has 0 N–H and O–H groups in total. The van der Waals surface area contributed by atoms with Gasteiger partial charge in [0, 0.05) is 10.9 Å². The van der Waals surface area contributed by atoms with Crippen LogP contribution in [-0.2, 0) is 16.1 Å². The first-order chi connectivity index (χ1) is 7.76. The predicted molar refractivity (Wildman–Crippen MR) is 59.3 cm³/mol. The van der Waals surface area contributed by atoms with Crippen LogP contribution in [0.4, 0.5) is 0 Å². The zero-order valence-electron chi connectivity index (χ0n) is 8.84. The fraction of sp³-hybridized carbons (Fsp3) is 0.167. The predicted octanol–water partition coefficient (Wildman–Crippen LogP) is 1.63. The summed E-state index contributed by atoms with van der Waals surface area (Å²) in [6.45, 7) is 0.0537. The van der Waals surface area contributed by atoms with Gasteiger partial charge in [0.05, 0.1) is 12.8 Å². The lowest BCUT2D eigenvalue weighted by molar-refractivity contribution is -0.141. The van der Waals surface area contributed by atoms with E-state index in [1.165, 1.54) is 7.11 Å². The molecule has 16 heavy (non-hydrogen) atoms. The molecule has 0 spiro atoms. The number of nitrogens with zero attached hydrogens (tertiary/aromatic N) is 1. The third-order valence-electron chi connectivity index (χ3n) is 2.48. The highest BCUT2D eigenvalue weighted by atomic mass is 16.5. The monoisotopic (exact) mass is 217 g/mol. The fourth-order valence-electron chi connectivity index (χ4n) is 1.70. The smallest absolute Gasteiger partial charge is 0.325 e. The zero-order chi connectivity index (χ0) is 11.5. The molecule has 2 rings (SSSR count). The van der Waals surface area contributed by atoms with Gasteiger partial charge in [-0.2, -0.15) is 0 Å². The first-order valence-electron chi connectivity index (χ1n) is 4.86. The van der Waals surface area contributed by atoms with Gasteiger partial charge in [-0.05, 0) is 12.1 Å². The summed E-state index contributed by atoms with van der Waals surface area (Å²) in [5.74, 6) is -0.371. The number of methoxy groups -OCH3 is 1. The summed E-state index contributed by atoms with van der Waals surface area (Å²) in [6.07, 6.45) is 0.739. The van der Waals surface area contributed by atoms with Gasteiger partial charge in [-0.1, -0.05) is 18.2 Å². The van der Waals surface area contributed by atoms with Gasteiger partial charge in [-0.25, -0.2) is 0 Å². The lowest BCUT2D eigenvalue weighted by Gasteiger charge is -2.05. The highest BCUT2D eigenvalue weighted by Gasteiger charge is 2.10. The van der Waals surface area contributed by atoms with Crippen molar-refractivity contribution >= 4 is 23.2 Å². The van der Waals surface area contributed by atoms with Crippen molar-refractivity contribution < 1.29 is 14.3 Å². The van der Waals surface area contributed by atoms with Crippen molar-refractivity contribution in [1.82, 2.24) is 4.57 Å². The Labute approximate surface area is 92.4 Å². The van der Waals surface area contributed by atoms with E-state index in [-0.39, 0.29) is 12.5 Å². The normalized spacial score (nSPS) is 10.3. The van der Waals surface area contributed by atoms with Crippen molar-refractivity contribution in [2.45, 2.75) is 6.54 Å². The van der Waals surface area contributed by atoms with E-state index >= 15 is 0 Å². The maximum Gasteiger partial charge on any atom is 0.325 e. The molecular formula is C12H11NO3. The van der Waals surface area contributed by atoms with E-state index in [0.29, 0.717) is 5.69 Å². The van der Waals surface area contributed by atoms with Crippen LogP contribution in [0, 0.1) is 0 Å². The molecule has 0 radical (unpaired) electrons. The molecule has 0 saturated heterocycles. The molecule has 0 aliphatic heterocycles. The minimum atomic E-state index is -0.371. The standard InChI is InChI=1S/C12H11NO3/c1-16-12(15)7-13-10(8-14)6-9-4-2-3-5-11(9)13/h2-6,8H,7H2,1H3. The van der Waals surface area contributed by atoms with Gasteiger partial charge in [0.25, 0.3) is 0 Å². The van der Waals surface area contributed by atoms with Gasteiger partial charge in [0.2, 0.25) is 0 Å². The molecule has 2 aromatic rings. The van der Waals surface area contributed by atoms with Crippen LogP contribution < -0.4 is 0 Å². The van der Waals surface area contributed by atoms with Crippen LogP contribution in [0.25, 0.3) is 10.9 Å². The van der Waals surface area contributed by atoms with E-state index in [2.05, 4.69) is 4.74 Å². The summed E-state index contributed by atoms with van der Waals surface area (Å²) in [5.41, 5.74) is 1.33. The van der Waals surface area contributed by atoms with E-state index in [1.54, 1.807) is 10.6 Å². The highest BCUT2D eigenvalue weighted by molar-refractivity contribution is 5.90. The molecule has 0 fully saturated rings. The van der Waals surface area contributed by atoms with Crippen molar-refractivity contribution in [2.75, 3.05) is 7.11 Å². The summed E-state index contributed by atoms with van der Waals surface area (Å²) in [6, 6.07) is 9.27. The average molecular weight is 217 g/mol. The number of aromatic nitrogens is 1. The number of hydrogen-bond donors (Lipinski definition) is 0. The molecule has 0 saturated carbocycles. The zero-order valence-corrected chi connectivity index (χ0v) is 8.84. The molecule has 0 aliphatic carbocycles. The van der Waals surface area contributed by atoms with Crippen molar-refractivity contribution in [3.63, 3.8) is 0 Å². The minimum absolute atomic E-state index is 0.0537. The Balaban J connectivity index is 2.55. The van der Waals surface area contributed by atoms with Crippen LogP contribution in [0.1, 0.15) is 10.5 Å². The second-order valence-corrected chi connectivity index (χ2v) is 3.41. The van der Waals surface area contributed by atoms with Crippen LogP contribution in [0.15, 0.2) is 30.3 Å². The minimum Gasteiger partial charge on any atom is -0.468 e. The Morgan fingerprint density at radius 3 is 2.88 bits per heavy atom. The number of fused-ring (bicyclic) bond motifs is 1. The van der Waals surface area contributed by atoms with Gasteiger partial charge in [0.1, 0.15) is 6.54 Å². The van der Waals surface area contributed by atoms with Crippen LogP contribution in [0.5, 0.6) is 0 Å². The van der Waals surface area contributed by atoms with Crippen molar-refractivity contribution in [1.29, 1.82) is 0 Å². The number of esters is 1. The lowest BCUT2D eigenvalue weighted by atomic mass is 10.2. The van der Waals surface area contributed by atoms with E-state index in [0.717, 1.165) is 17.2 Å². The summed E-state index contributed by atoms with van der Waals surface area (Å²) >= 11 is 0. The second-order valence-electron chi connectivity index (χ2n) is 3.41. The lowest BCUT2D eigenvalue weighted by Crippen LogP contribution is -2.13. The van der Waals surface area contributed by atoms with Crippen LogP contribution in [0.2, 0.25) is 0 Å². The SMILES string of the molecule is COC(=O)Cn1c(C=O)cc2ccccc21. The van der Waals surface area contributed by atoms with E-state index in [9.17, 15) is 9.59 Å². The van der Waals surface area contributed by atoms with Gasteiger partial charge in [-0.3, -0.25) is 9.59 Å². The number of para-hydroxylation sites is 1. The third-order valence-corrected chi connectivity index (χ3v) is 2.48. The number of hydrogen-bond acceptors (Lipinski definition) is 3. The Morgan fingerprint density at radius 2 is 2.19 bits per heavy atom. The molecule has 4 heteroatoms. The number of aldehydes is 1. The Hall–Kier alpha value is -2.10. The molecule has 82 valence electrons. The number of carbonyl (C=O) groups excluding carboxylic acids is 2. The molecule has 1 aromatic heterocycles. The number of carbonyl (C=O) groups is 2. The summed E-state index contributed by atoms with van der Waals surface area (Å²) in [4.78, 5) is 22.1. The first kappa shape index (κ1) is 10.4. The number of benzene rings is 1. The Bertz CT molecular complexity index is 542.